The number of unbranched alkanes of at least 4 members (excludes halogenated alkanes) is 4. The Kier molecular flexibility index (Phi) is 17.0. The number of benzene rings is 8. The van der Waals surface area contributed by atoms with Gasteiger partial charge < -0.3 is 20.0 Å². The summed E-state index contributed by atoms with van der Waals surface area (Å²) in [6, 6.07) is 64.9. The Hall–Kier alpha value is -5.94. The zero-order valence-corrected chi connectivity index (χ0v) is 41.1. The predicted octanol–water partition coefficient (Wildman–Crippen LogP) is 17.6. The molecule has 8 aromatic carbocycles. The number of anilines is 4. The monoisotopic (exact) mass is 903 g/mol. The van der Waals surface area contributed by atoms with Gasteiger partial charge in [0.1, 0.15) is 6.23 Å². The minimum atomic E-state index is -0.728. The van der Waals surface area contributed by atoms with Gasteiger partial charge in [-0.25, -0.2) is 0 Å². The van der Waals surface area contributed by atoms with E-state index < -0.39 is 12.3 Å². The summed E-state index contributed by atoms with van der Waals surface area (Å²) in [5.41, 5.74) is 6.71. The van der Waals surface area contributed by atoms with Gasteiger partial charge in [0.2, 0.25) is 0 Å². The molecule has 4 nitrogen and oxygen atoms in total. The van der Waals surface area contributed by atoms with E-state index in [0.717, 1.165) is 53.4 Å². The van der Waals surface area contributed by atoms with E-state index in [1.165, 1.54) is 77.0 Å². The molecule has 8 rings (SSSR count). The summed E-state index contributed by atoms with van der Waals surface area (Å²) in [6.07, 6.45) is 10.9. The van der Waals surface area contributed by atoms with Crippen LogP contribution in [-0.2, 0) is 0 Å². The van der Waals surface area contributed by atoms with Gasteiger partial charge in [-0.05, 0) is 154 Å². The fourth-order valence-electron chi connectivity index (χ4n) is 11.2. The minimum Gasteiger partial charge on any atom is -0.388 e. The fraction of sp³-hybridized carbons (Fsp3) is 0.344. The molecule has 0 bridgehead atoms. The first-order valence-corrected chi connectivity index (χ1v) is 25.9. The Morgan fingerprint density at radius 3 is 1.28 bits per heavy atom. The molecule has 0 saturated carbocycles. The standard InChI is InChI=1S/C64H74N2O2/c1-5-7-13-27-47(3)55(41-44-62(68)66(53-35-19-11-20-36-53)54-37-21-12-22-38-54)63-56-39-25-26-40-57(56)64(59-46-50-30-24-23-29-49(50)45-58(59)63)61(67)43-42-60(48(4)28-14-8-6-2)65(51-31-15-9-16-32-51)52-33-17-10-18-34-52/h9-12,15-26,29-40,45-48,55,60-62,67-68H,5-8,13-14,27-28,41-44H2,1-4H3. The first kappa shape index (κ1) is 48.5. The van der Waals surface area contributed by atoms with E-state index in [4.69, 9.17) is 0 Å². The van der Waals surface area contributed by atoms with Crippen molar-refractivity contribution in [1.29, 1.82) is 0 Å². The van der Waals surface area contributed by atoms with E-state index in [2.05, 4.69) is 183 Å². The van der Waals surface area contributed by atoms with Crippen LogP contribution in [0.1, 0.15) is 128 Å². The van der Waals surface area contributed by atoms with Gasteiger partial charge in [0.05, 0.1) is 6.10 Å². The first-order chi connectivity index (χ1) is 33.4. The largest absolute Gasteiger partial charge is 0.388 e. The number of para-hydroxylation sites is 4. The third-order valence-electron chi connectivity index (χ3n) is 14.8. The lowest BCUT2D eigenvalue weighted by molar-refractivity contribution is 0.160. The second-order valence-corrected chi connectivity index (χ2v) is 19.5. The highest BCUT2D eigenvalue weighted by Crippen LogP contribution is 2.47. The summed E-state index contributed by atoms with van der Waals surface area (Å²) < 4.78 is 0. The van der Waals surface area contributed by atoms with Crippen LogP contribution in [0.2, 0.25) is 0 Å². The van der Waals surface area contributed by atoms with Crippen LogP contribution in [0.4, 0.5) is 22.7 Å². The van der Waals surface area contributed by atoms with Crippen molar-refractivity contribution in [3.05, 3.63) is 193 Å². The molecule has 0 fully saturated rings. The van der Waals surface area contributed by atoms with Crippen molar-refractivity contribution < 1.29 is 10.2 Å². The van der Waals surface area contributed by atoms with Gasteiger partial charge in [-0.1, -0.05) is 194 Å². The van der Waals surface area contributed by atoms with Gasteiger partial charge in [0, 0.05) is 28.8 Å². The summed E-state index contributed by atoms with van der Waals surface area (Å²) in [5.74, 6) is 0.925. The Morgan fingerprint density at radius 2 is 0.794 bits per heavy atom. The van der Waals surface area contributed by atoms with Crippen LogP contribution in [-0.4, -0.2) is 22.5 Å². The Labute approximate surface area is 407 Å². The minimum absolute atomic E-state index is 0.160. The van der Waals surface area contributed by atoms with Crippen molar-refractivity contribution in [2.24, 2.45) is 11.8 Å². The highest BCUT2D eigenvalue weighted by atomic mass is 16.3. The molecule has 6 unspecified atom stereocenters. The number of hydrogen-bond donors (Lipinski definition) is 2. The van der Waals surface area contributed by atoms with E-state index in [-0.39, 0.29) is 12.0 Å². The lowest BCUT2D eigenvalue weighted by Gasteiger charge is -2.38. The van der Waals surface area contributed by atoms with Gasteiger partial charge in [0.15, 0.2) is 0 Å². The van der Waals surface area contributed by atoms with E-state index in [1.54, 1.807) is 0 Å². The second-order valence-electron chi connectivity index (χ2n) is 19.5. The maximum atomic E-state index is 13.0. The van der Waals surface area contributed by atoms with Crippen molar-refractivity contribution in [3.63, 3.8) is 0 Å². The maximum Gasteiger partial charge on any atom is 0.131 e. The molecule has 0 aliphatic carbocycles. The van der Waals surface area contributed by atoms with Crippen LogP contribution >= 0.6 is 0 Å². The summed E-state index contributed by atoms with van der Waals surface area (Å²) in [4.78, 5) is 4.64. The number of nitrogens with zero attached hydrogens (tertiary/aromatic N) is 2. The molecule has 0 aliphatic heterocycles. The van der Waals surface area contributed by atoms with E-state index >= 15 is 0 Å². The maximum absolute atomic E-state index is 13.0. The molecule has 0 heterocycles. The molecule has 68 heavy (non-hydrogen) atoms. The average Bonchev–Trinajstić information content (AvgIpc) is 3.38. The molecule has 4 heteroatoms. The lowest BCUT2D eigenvalue weighted by atomic mass is 9.75. The van der Waals surface area contributed by atoms with E-state index in [0.29, 0.717) is 24.7 Å². The third kappa shape index (κ3) is 11.3. The zero-order valence-electron chi connectivity index (χ0n) is 41.1. The van der Waals surface area contributed by atoms with Gasteiger partial charge in [0.25, 0.3) is 0 Å². The molecule has 0 amide bonds. The molecule has 6 atom stereocenters. The van der Waals surface area contributed by atoms with Crippen molar-refractivity contribution >= 4 is 55.1 Å². The van der Waals surface area contributed by atoms with Gasteiger partial charge >= 0.3 is 0 Å². The topological polar surface area (TPSA) is 46.9 Å². The second kappa shape index (κ2) is 23.9. The van der Waals surface area contributed by atoms with Crippen LogP contribution in [0.15, 0.2) is 182 Å². The lowest BCUT2D eigenvalue weighted by Crippen LogP contribution is -2.37. The molecule has 0 saturated heterocycles. The van der Waals surface area contributed by atoms with Crippen molar-refractivity contribution in [2.75, 3.05) is 9.80 Å². The van der Waals surface area contributed by atoms with Crippen molar-refractivity contribution in [1.82, 2.24) is 0 Å². The van der Waals surface area contributed by atoms with Gasteiger partial charge in [-0.2, -0.15) is 0 Å². The van der Waals surface area contributed by atoms with E-state index in [1.807, 2.05) is 36.4 Å². The highest BCUT2D eigenvalue weighted by molar-refractivity contribution is 6.11. The quantitative estimate of drug-likeness (QED) is 0.0360. The summed E-state index contributed by atoms with van der Waals surface area (Å²) in [7, 11) is 0. The average molecular weight is 903 g/mol. The van der Waals surface area contributed by atoms with Crippen molar-refractivity contribution in [3.8, 4) is 0 Å². The predicted molar refractivity (Wildman–Crippen MR) is 292 cm³/mol. The summed E-state index contributed by atoms with van der Waals surface area (Å²) in [5, 5.41) is 32.5. The summed E-state index contributed by atoms with van der Waals surface area (Å²) >= 11 is 0. The number of aliphatic hydroxyl groups is 2. The molecule has 2 N–H and O–H groups in total. The third-order valence-corrected chi connectivity index (χ3v) is 14.8. The Morgan fingerprint density at radius 1 is 0.382 bits per heavy atom. The fourth-order valence-corrected chi connectivity index (χ4v) is 11.2. The highest BCUT2D eigenvalue weighted by Gasteiger charge is 2.31. The van der Waals surface area contributed by atoms with Gasteiger partial charge in [-0.3, -0.25) is 0 Å². The zero-order chi connectivity index (χ0) is 47.2. The SMILES string of the molecule is CCCCCC(C)C(CCC(O)N(c1ccccc1)c1ccccc1)c1c2ccccc2c(C(O)CCC(C(C)CCCCC)N(c2ccccc2)c2ccccc2)c2cc3ccccc3cc12. The van der Waals surface area contributed by atoms with Crippen LogP contribution in [0.25, 0.3) is 32.3 Å². The first-order valence-electron chi connectivity index (χ1n) is 25.9. The van der Waals surface area contributed by atoms with Crippen LogP contribution in [0.5, 0.6) is 0 Å². The Bertz CT molecular complexity index is 2680. The van der Waals surface area contributed by atoms with Crippen molar-refractivity contribution in [2.45, 2.75) is 129 Å². The molecular formula is C64H74N2O2. The summed E-state index contributed by atoms with van der Waals surface area (Å²) in [6.45, 7) is 9.43. The molecule has 0 aliphatic rings. The van der Waals surface area contributed by atoms with Crippen LogP contribution in [0, 0.1) is 11.8 Å². The number of hydrogen-bond acceptors (Lipinski definition) is 4. The molecule has 0 aromatic heterocycles. The normalized spacial score (nSPS) is 14.4. The number of rotatable bonds is 24. The molecule has 352 valence electrons. The van der Waals surface area contributed by atoms with Gasteiger partial charge in [-0.15, -0.1) is 0 Å². The molecule has 0 spiro atoms. The molecular weight excluding hydrogens is 829 g/mol. The number of fused-ring (bicyclic) bond motifs is 3. The molecule has 8 aromatic rings. The Balaban J connectivity index is 1.23. The van der Waals surface area contributed by atoms with Crippen LogP contribution in [0.3, 0.4) is 0 Å². The smallest absolute Gasteiger partial charge is 0.131 e. The number of aliphatic hydroxyl groups excluding tert-OH is 2. The molecule has 0 radical (unpaired) electrons. The van der Waals surface area contributed by atoms with E-state index in [9.17, 15) is 10.2 Å². The van der Waals surface area contributed by atoms with Crippen LogP contribution < -0.4 is 9.80 Å².